The predicted molar refractivity (Wildman–Crippen MR) is 101 cm³/mol. The molecular formula is C23H34O3. The van der Waals surface area contributed by atoms with E-state index < -0.39 is 0 Å². The van der Waals surface area contributed by atoms with Gasteiger partial charge in [-0.1, -0.05) is 33.3 Å². The van der Waals surface area contributed by atoms with Gasteiger partial charge in [-0.2, -0.15) is 0 Å². The van der Waals surface area contributed by atoms with Gasteiger partial charge in [0.15, 0.2) is 5.78 Å². The molecule has 26 heavy (non-hydrogen) atoms. The Bertz CT molecular complexity index is 648. The zero-order valence-corrected chi connectivity index (χ0v) is 16.8. The molecule has 4 rings (SSSR count). The van der Waals surface area contributed by atoms with E-state index in [1.165, 1.54) is 24.8 Å². The minimum atomic E-state index is -0.0462. The average molecular weight is 359 g/mol. The standard InChI is InChI=1S/C23H34O3/c1-14(2)21(25)26-20-8-7-18-17-6-5-15-13-16(24)9-11-22(15,3)19(17)10-12-23(18,20)4/h13-14,17-20H,5-12H2,1-4H3. The number of ketones is 1. The lowest BCUT2D eigenvalue weighted by Gasteiger charge is -2.57. The Hall–Kier alpha value is -1.12. The van der Waals surface area contributed by atoms with Gasteiger partial charge in [-0.3, -0.25) is 9.59 Å². The molecule has 4 aliphatic carbocycles. The molecule has 0 bridgehead atoms. The highest BCUT2D eigenvalue weighted by atomic mass is 16.5. The van der Waals surface area contributed by atoms with Gasteiger partial charge in [0.05, 0.1) is 5.92 Å². The molecule has 3 nitrogen and oxygen atoms in total. The molecule has 0 aliphatic heterocycles. The van der Waals surface area contributed by atoms with Crippen LogP contribution in [0.4, 0.5) is 0 Å². The van der Waals surface area contributed by atoms with E-state index in [9.17, 15) is 9.59 Å². The predicted octanol–water partition coefficient (Wildman–Crippen LogP) is 5.09. The molecule has 0 saturated heterocycles. The summed E-state index contributed by atoms with van der Waals surface area (Å²) in [5.74, 6) is 2.35. The molecule has 144 valence electrons. The number of carbonyl (C=O) groups is 2. The monoisotopic (exact) mass is 358 g/mol. The van der Waals surface area contributed by atoms with Crippen molar-refractivity contribution in [3.63, 3.8) is 0 Å². The summed E-state index contributed by atoms with van der Waals surface area (Å²) < 4.78 is 5.98. The number of carbonyl (C=O) groups excluding carboxylic acids is 2. The molecule has 0 radical (unpaired) electrons. The van der Waals surface area contributed by atoms with Crippen LogP contribution in [0, 0.1) is 34.5 Å². The third kappa shape index (κ3) is 2.60. The Kier molecular flexibility index (Phi) is 4.36. The second-order valence-corrected chi connectivity index (χ2v) is 10.2. The van der Waals surface area contributed by atoms with Crippen molar-refractivity contribution in [2.75, 3.05) is 0 Å². The van der Waals surface area contributed by atoms with Crippen LogP contribution in [0.3, 0.4) is 0 Å². The molecule has 3 saturated carbocycles. The van der Waals surface area contributed by atoms with Gasteiger partial charge in [0.2, 0.25) is 0 Å². The highest BCUT2D eigenvalue weighted by Gasteiger charge is 2.59. The first-order valence-electron chi connectivity index (χ1n) is 10.7. The Morgan fingerprint density at radius 2 is 1.85 bits per heavy atom. The minimum Gasteiger partial charge on any atom is -0.462 e. The normalized spacial score (nSPS) is 44.8. The van der Waals surface area contributed by atoms with Crippen molar-refractivity contribution in [1.29, 1.82) is 0 Å². The van der Waals surface area contributed by atoms with Crippen LogP contribution >= 0.6 is 0 Å². The van der Waals surface area contributed by atoms with Gasteiger partial charge >= 0.3 is 5.97 Å². The molecule has 4 aliphatic rings. The van der Waals surface area contributed by atoms with E-state index in [0.717, 1.165) is 38.0 Å². The van der Waals surface area contributed by atoms with Crippen LogP contribution < -0.4 is 0 Å². The van der Waals surface area contributed by atoms with E-state index in [-0.39, 0.29) is 28.8 Å². The molecular weight excluding hydrogens is 324 g/mol. The van der Waals surface area contributed by atoms with Gasteiger partial charge in [-0.15, -0.1) is 0 Å². The molecule has 0 aromatic carbocycles. The number of rotatable bonds is 2. The van der Waals surface area contributed by atoms with Gasteiger partial charge in [-0.05, 0) is 74.2 Å². The maximum atomic E-state index is 12.2. The fourth-order valence-electron chi connectivity index (χ4n) is 6.98. The third-order valence-electron chi connectivity index (χ3n) is 8.60. The lowest BCUT2D eigenvalue weighted by atomic mass is 9.47. The summed E-state index contributed by atoms with van der Waals surface area (Å²) in [5, 5.41) is 0. The fraction of sp³-hybridized carbons (Fsp3) is 0.826. The van der Waals surface area contributed by atoms with E-state index in [1.54, 1.807) is 0 Å². The summed E-state index contributed by atoms with van der Waals surface area (Å²) in [6, 6.07) is 0. The zero-order valence-electron chi connectivity index (χ0n) is 16.8. The van der Waals surface area contributed by atoms with Crippen LogP contribution in [-0.4, -0.2) is 17.9 Å². The Morgan fingerprint density at radius 3 is 2.58 bits per heavy atom. The second kappa shape index (κ2) is 6.21. The van der Waals surface area contributed by atoms with Gasteiger partial charge in [0, 0.05) is 11.8 Å². The van der Waals surface area contributed by atoms with Crippen molar-refractivity contribution in [3.05, 3.63) is 11.6 Å². The van der Waals surface area contributed by atoms with Crippen molar-refractivity contribution < 1.29 is 14.3 Å². The van der Waals surface area contributed by atoms with Crippen molar-refractivity contribution >= 4 is 11.8 Å². The van der Waals surface area contributed by atoms with E-state index in [1.807, 2.05) is 19.9 Å². The molecule has 3 heteroatoms. The Balaban J connectivity index is 1.57. The van der Waals surface area contributed by atoms with Gasteiger partial charge < -0.3 is 4.74 Å². The number of ether oxygens (including phenoxy) is 1. The highest BCUT2D eigenvalue weighted by Crippen LogP contribution is 2.65. The van der Waals surface area contributed by atoms with Gasteiger partial charge in [0.25, 0.3) is 0 Å². The SMILES string of the molecule is CC(C)C(=O)OC1CCC2C3CCC4=CC(=O)CCC4(C)C3CCC12C. The van der Waals surface area contributed by atoms with Gasteiger partial charge in [0.1, 0.15) is 6.10 Å². The maximum Gasteiger partial charge on any atom is 0.308 e. The zero-order chi connectivity index (χ0) is 18.7. The van der Waals surface area contributed by atoms with Crippen LogP contribution in [0.2, 0.25) is 0 Å². The summed E-state index contributed by atoms with van der Waals surface area (Å²) in [6.07, 6.45) is 10.7. The second-order valence-electron chi connectivity index (χ2n) is 10.2. The highest BCUT2D eigenvalue weighted by molar-refractivity contribution is 5.91. The van der Waals surface area contributed by atoms with Crippen LogP contribution in [0.25, 0.3) is 0 Å². The minimum absolute atomic E-state index is 0.0365. The van der Waals surface area contributed by atoms with E-state index in [4.69, 9.17) is 4.74 Å². The smallest absolute Gasteiger partial charge is 0.308 e. The van der Waals surface area contributed by atoms with E-state index >= 15 is 0 Å². The average Bonchev–Trinajstić information content (AvgIpc) is 2.92. The van der Waals surface area contributed by atoms with E-state index in [2.05, 4.69) is 13.8 Å². The first-order valence-corrected chi connectivity index (χ1v) is 10.7. The first-order chi connectivity index (χ1) is 12.3. The Morgan fingerprint density at radius 1 is 1.08 bits per heavy atom. The largest absolute Gasteiger partial charge is 0.462 e. The maximum absolute atomic E-state index is 12.2. The first kappa shape index (κ1) is 18.3. The summed E-state index contributed by atoms with van der Waals surface area (Å²) >= 11 is 0. The fourth-order valence-corrected chi connectivity index (χ4v) is 6.98. The summed E-state index contributed by atoms with van der Waals surface area (Å²) in [7, 11) is 0. The number of fused-ring (bicyclic) bond motifs is 5. The quantitative estimate of drug-likeness (QED) is 0.646. The van der Waals surface area contributed by atoms with Crippen LogP contribution in [0.1, 0.15) is 79.1 Å². The summed E-state index contributed by atoms with van der Waals surface area (Å²) in [6.45, 7) is 8.66. The number of esters is 1. The van der Waals surface area contributed by atoms with E-state index in [0.29, 0.717) is 17.6 Å². The molecule has 6 unspecified atom stereocenters. The van der Waals surface area contributed by atoms with Crippen molar-refractivity contribution in [3.8, 4) is 0 Å². The number of hydrogen-bond donors (Lipinski definition) is 0. The number of allylic oxidation sites excluding steroid dienone is 1. The molecule has 0 aromatic rings. The topological polar surface area (TPSA) is 43.4 Å². The molecule has 6 atom stereocenters. The molecule has 0 aromatic heterocycles. The molecule has 0 spiro atoms. The molecule has 0 heterocycles. The summed E-state index contributed by atoms with van der Waals surface area (Å²) in [5.41, 5.74) is 1.80. The summed E-state index contributed by atoms with van der Waals surface area (Å²) in [4.78, 5) is 24.1. The third-order valence-corrected chi connectivity index (χ3v) is 8.60. The van der Waals surface area contributed by atoms with Crippen LogP contribution in [-0.2, 0) is 14.3 Å². The van der Waals surface area contributed by atoms with Crippen LogP contribution in [0.15, 0.2) is 11.6 Å². The molecule has 3 fully saturated rings. The lowest BCUT2D eigenvalue weighted by Crippen LogP contribution is -2.51. The van der Waals surface area contributed by atoms with Crippen molar-refractivity contribution in [2.24, 2.45) is 34.5 Å². The van der Waals surface area contributed by atoms with Crippen molar-refractivity contribution in [1.82, 2.24) is 0 Å². The number of hydrogen-bond acceptors (Lipinski definition) is 3. The molecule has 0 amide bonds. The lowest BCUT2D eigenvalue weighted by molar-refractivity contribution is -0.163. The van der Waals surface area contributed by atoms with Crippen molar-refractivity contribution in [2.45, 2.75) is 85.2 Å². The van der Waals surface area contributed by atoms with Crippen LogP contribution in [0.5, 0.6) is 0 Å². The Labute approximate surface area is 157 Å². The molecule has 0 N–H and O–H groups in total. The van der Waals surface area contributed by atoms with Gasteiger partial charge in [-0.25, -0.2) is 0 Å².